The summed E-state index contributed by atoms with van der Waals surface area (Å²) >= 11 is 0. The lowest BCUT2D eigenvalue weighted by atomic mass is 10.1. The number of allylic oxidation sites excluding steroid dienone is 2. The second-order valence-corrected chi connectivity index (χ2v) is 1.33. The third-order valence-corrected chi connectivity index (χ3v) is 0.801. The molecule has 0 aromatic rings. The summed E-state index contributed by atoms with van der Waals surface area (Å²) in [6, 6.07) is 0. The highest BCUT2D eigenvalue weighted by molar-refractivity contribution is 5.00. The highest BCUT2D eigenvalue weighted by atomic mass is 13.9. The Kier molecular flexibility index (Phi) is 1.31. The molecule has 0 atom stereocenters. The molecule has 0 N–H and O–H groups in total. The molecule has 0 heterocycles. The van der Waals surface area contributed by atoms with Gasteiger partial charge < -0.3 is 0 Å². The van der Waals surface area contributed by atoms with Gasteiger partial charge >= 0.3 is 0 Å². The summed E-state index contributed by atoms with van der Waals surface area (Å²) < 4.78 is 0. The van der Waals surface area contributed by atoms with E-state index >= 15 is 0 Å². The molecule has 1 aliphatic rings. The molecule has 0 aliphatic heterocycles. The topological polar surface area (TPSA) is 0 Å². The maximum atomic E-state index is 3.05. The Morgan fingerprint density at radius 3 is 2.67 bits per heavy atom. The predicted molar refractivity (Wildman–Crippen MR) is 25.6 cm³/mol. The Balaban J connectivity index is 2.26. The van der Waals surface area contributed by atoms with E-state index in [0.717, 1.165) is 12.8 Å². The van der Waals surface area contributed by atoms with E-state index < -0.39 is 0 Å². The normalized spacial score (nSPS) is 21.3. The van der Waals surface area contributed by atoms with Crippen molar-refractivity contribution in [1.82, 2.24) is 0 Å². The van der Waals surface area contributed by atoms with Crippen molar-refractivity contribution in [3.05, 3.63) is 25.0 Å². The van der Waals surface area contributed by atoms with Crippen molar-refractivity contribution in [3.8, 4) is 0 Å². The minimum Gasteiger partial charge on any atom is -0.0773 e. The Morgan fingerprint density at radius 2 is 2.50 bits per heavy atom. The van der Waals surface area contributed by atoms with Crippen LogP contribution < -0.4 is 0 Å². The first-order valence-electron chi connectivity index (χ1n) is 2.20. The van der Waals surface area contributed by atoms with Crippen LogP contribution in [0, 0.1) is 18.9 Å². The Labute approximate surface area is 38.9 Å². The first-order valence-corrected chi connectivity index (χ1v) is 2.20. The number of rotatable bonds is 0. The highest BCUT2D eigenvalue weighted by Crippen LogP contribution is 2.03. The van der Waals surface area contributed by atoms with Gasteiger partial charge in [-0.1, -0.05) is 6.08 Å². The summed E-state index contributed by atoms with van der Waals surface area (Å²) in [7, 11) is 0. The largest absolute Gasteiger partial charge is 0.0773 e. The fourth-order valence-corrected chi connectivity index (χ4v) is 0.482. The molecule has 1 rings (SSSR count). The van der Waals surface area contributed by atoms with Gasteiger partial charge in [-0.15, -0.1) is 0 Å². The van der Waals surface area contributed by atoms with E-state index in [4.69, 9.17) is 0 Å². The zero-order valence-electron chi connectivity index (χ0n) is 3.65. The summed E-state index contributed by atoms with van der Waals surface area (Å²) in [5.74, 6) is 0. The van der Waals surface area contributed by atoms with E-state index in [-0.39, 0.29) is 0 Å². The molecule has 0 heteroatoms. The zero-order chi connectivity index (χ0) is 4.24. The molecule has 0 unspecified atom stereocenters. The highest BCUT2D eigenvalue weighted by Gasteiger charge is 1.88. The first kappa shape index (κ1) is 3.91. The average molecular weight is 79.1 g/mol. The molecule has 0 spiro atoms. The monoisotopic (exact) mass is 79.1 g/mol. The standard InChI is InChI=1S/C6H7/c1-2-4-6-5-3-1/h1-2,5H,3,6H2. The van der Waals surface area contributed by atoms with Crippen LogP contribution in [0.5, 0.6) is 0 Å². The molecule has 0 aromatic carbocycles. The van der Waals surface area contributed by atoms with Crippen LogP contribution in [-0.4, -0.2) is 0 Å². The van der Waals surface area contributed by atoms with Gasteiger partial charge in [-0.2, -0.15) is 0 Å². The summed E-state index contributed by atoms with van der Waals surface area (Å²) in [5, 5.41) is 0. The molecule has 0 aromatic heterocycles. The van der Waals surface area contributed by atoms with Crippen molar-refractivity contribution in [3.63, 3.8) is 0 Å². The van der Waals surface area contributed by atoms with E-state index in [1.165, 1.54) is 0 Å². The van der Waals surface area contributed by atoms with E-state index in [2.05, 4.69) is 18.9 Å². The molecule has 0 saturated heterocycles. The summed E-state index contributed by atoms with van der Waals surface area (Å²) in [5.41, 5.74) is 0. The second kappa shape index (κ2) is 2.01. The van der Waals surface area contributed by atoms with E-state index in [1.807, 2.05) is 6.08 Å². The molecular weight excluding hydrogens is 72.1 g/mol. The summed E-state index contributed by atoms with van der Waals surface area (Å²) in [4.78, 5) is 0. The lowest BCUT2D eigenvalue weighted by Gasteiger charge is -1.95. The molecule has 0 bridgehead atoms. The van der Waals surface area contributed by atoms with Crippen LogP contribution in [0.15, 0.2) is 6.08 Å². The average Bonchev–Trinajstić information content (AvgIpc) is 1.72. The van der Waals surface area contributed by atoms with Gasteiger partial charge in [0.05, 0.1) is 0 Å². The van der Waals surface area contributed by atoms with Crippen LogP contribution in [0.3, 0.4) is 0 Å². The van der Waals surface area contributed by atoms with Gasteiger partial charge in [0.1, 0.15) is 0 Å². The van der Waals surface area contributed by atoms with Crippen LogP contribution in [0.25, 0.3) is 0 Å². The molecule has 31 valence electrons. The Bertz CT molecular complexity index is 45.1. The molecule has 1 aliphatic carbocycles. The van der Waals surface area contributed by atoms with Gasteiger partial charge in [0.2, 0.25) is 0 Å². The number of hydrogen-bond acceptors (Lipinski definition) is 0. The molecule has 3 radical (unpaired) electrons. The minimum absolute atomic E-state index is 1.04. The fraction of sp³-hybridized carbons (Fsp3) is 0.333. The fourth-order valence-electron chi connectivity index (χ4n) is 0.482. The smallest absolute Gasteiger partial charge is 0.0161 e. The van der Waals surface area contributed by atoms with E-state index in [9.17, 15) is 0 Å². The van der Waals surface area contributed by atoms with Gasteiger partial charge in [-0.25, -0.2) is 0 Å². The predicted octanol–water partition coefficient (Wildman–Crippen LogP) is 1.55. The van der Waals surface area contributed by atoms with E-state index in [1.54, 1.807) is 0 Å². The molecule has 0 amide bonds. The van der Waals surface area contributed by atoms with Gasteiger partial charge in [0.25, 0.3) is 0 Å². The summed E-state index contributed by atoms with van der Waals surface area (Å²) in [6.07, 6.45) is 11.5. The molecular formula is C6H7. The third-order valence-electron chi connectivity index (χ3n) is 0.801. The van der Waals surface area contributed by atoms with E-state index in [0.29, 0.717) is 0 Å². The van der Waals surface area contributed by atoms with Crippen molar-refractivity contribution in [1.29, 1.82) is 0 Å². The molecule has 0 fully saturated rings. The Morgan fingerprint density at radius 1 is 1.50 bits per heavy atom. The van der Waals surface area contributed by atoms with Gasteiger partial charge in [-0.3, -0.25) is 0 Å². The van der Waals surface area contributed by atoms with Crippen molar-refractivity contribution < 1.29 is 0 Å². The summed E-state index contributed by atoms with van der Waals surface area (Å²) in [6.45, 7) is 0. The van der Waals surface area contributed by atoms with Gasteiger partial charge in [0.15, 0.2) is 0 Å². The quantitative estimate of drug-likeness (QED) is 0.413. The minimum atomic E-state index is 1.04. The first-order chi connectivity index (χ1) is 3.00. The maximum absolute atomic E-state index is 3.05. The maximum Gasteiger partial charge on any atom is -0.0161 e. The lowest BCUT2D eigenvalue weighted by molar-refractivity contribution is 1.01. The molecule has 0 nitrogen and oxygen atoms in total. The Hall–Kier alpha value is -0.260. The SMILES string of the molecule is [C]1=C[CH]C[CH]C1. The van der Waals surface area contributed by atoms with Gasteiger partial charge in [0, 0.05) is 0 Å². The van der Waals surface area contributed by atoms with Crippen molar-refractivity contribution in [2.75, 3.05) is 0 Å². The van der Waals surface area contributed by atoms with Crippen LogP contribution in [0.4, 0.5) is 0 Å². The van der Waals surface area contributed by atoms with Crippen LogP contribution in [-0.2, 0) is 0 Å². The van der Waals surface area contributed by atoms with Crippen LogP contribution in [0.2, 0.25) is 0 Å². The zero-order valence-corrected chi connectivity index (χ0v) is 3.65. The van der Waals surface area contributed by atoms with Crippen LogP contribution in [0.1, 0.15) is 12.8 Å². The van der Waals surface area contributed by atoms with Crippen LogP contribution >= 0.6 is 0 Å². The third kappa shape index (κ3) is 0.852. The van der Waals surface area contributed by atoms with Crippen molar-refractivity contribution in [2.24, 2.45) is 0 Å². The number of hydrogen-bond donors (Lipinski definition) is 0. The van der Waals surface area contributed by atoms with Crippen molar-refractivity contribution in [2.45, 2.75) is 12.8 Å². The lowest BCUT2D eigenvalue weighted by Crippen LogP contribution is -1.80. The van der Waals surface area contributed by atoms with Gasteiger partial charge in [-0.05, 0) is 31.8 Å². The second-order valence-electron chi connectivity index (χ2n) is 1.33. The molecule has 6 heavy (non-hydrogen) atoms. The molecule has 0 saturated carbocycles. The van der Waals surface area contributed by atoms with Crippen molar-refractivity contribution >= 4 is 0 Å².